The highest BCUT2D eigenvalue weighted by Crippen LogP contribution is 2.32. The van der Waals surface area contributed by atoms with Crippen LogP contribution in [0.2, 0.25) is 0 Å². The second kappa shape index (κ2) is 20.2. The van der Waals surface area contributed by atoms with Crippen LogP contribution >= 0.6 is 24.4 Å². The topological polar surface area (TPSA) is 188 Å². The van der Waals surface area contributed by atoms with Crippen molar-refractivity contribution < 1.29 is 27.4 Å². The summed E-state index contributed by atoms with van der Waals surface area (Å²) in [6.45, 7) is 11.4. The van der Waals surface area contributed by atoms with Crippen molar-refractivity contribution >= 4 is 53.0 Å². The van der Waals surface area contributed by atoms with E-state index in [4.69, 9.17) is 42.8 Å². The Labute approximate surface area is 336 Å². The van der Waals surface area contributed by atoms with Crippen LogP contribution in [0.25, 0.3) is 5.69 Å². The SMILES string of the molecule is CCOCCOc1ccc(NC(=O)C(C)Oc2ccc(C)cc2C)cc1OS(=O)Nc1cccc(-n2[nH]nnc2=S)c1.Cc1ccc(Cn2[nH]nnc2=S)cc1. The highest BCUT2D eigenvalue weighted by molar-refractivity contribution is 7.82. The number of nitrogens with zero attached hydrogens (tertiary/aromatic N) is 6. The Hall–Kier alpha value is -5.76. The second-order valence-corrected chi connectivity index (χ2v) is 13.8. The number of aromatic nitrogens is 8. The molecule has 0 saturated carbocycles. The highest BCUT2D eigenvalue weighted by atomic mass is 32.2. The number of hydrogen-bond donors (Lipinski definition) is 4. The molecule has 4 N–H and O–H groups in total. The Morgan fingerprint density at radius 1 is 0.839 bits per heavy atom. The Morgan fingerprint density at radius 2 is 1.57 bits per heavy atom. The lowest BCUT2D eigenvalue weighted by Crippen LogP contribution is -2.30. The van der Waals surface area contributed by atoms with Crippen molar-refractivity contribution in [3.8, 4) is 22.9 Å². The van der Waals surface area contributed by atoms with Crippen LogP contribution in [0.1, 0.15) is 36.1 Å². The molecule has 6 aromatic rings. The standard InChI is InChI=1S/C28H32N6O6S2.C9H10N4S/c1-5-37-13-14-38-25-12-10-21(29-27(35)20(4)39-24-11-9-18(2)15-19(24)3)17-26(25)40-42(36)31-22-7-6-8-23(16-22)34-28(41)30-32-33-34;1-7-2-4-8(5-3-7)6-13-9(14)10-11-12-13/h6-12,15-17,20,31H,5,13-14H2,1-4H3,(H,29,35)(H,30,33,41);2-5H,6H2,1H3,(H,10,12,14). The number of carbonyl (C=O) groups is 1. The maximum absolute atomic E-state index is 13.0. The molecule has 19 heteroatoms. The minimum absolute atomic E-state index is 0.147. The average molecular weight is 819 g/mol. The van der Waals surface area contributed by atoms with Crippen LogP contribution in [0, 0.1) is 30.3 Å². The molecule has 0 aliphatic carbocycles. The fourth-order valence-electron chi connectivity index (χ4n) is 5.01. The first-order valence-corrected chi connectivity index (χ1v) is 19.3. The van der Waals surface area contributed by atoms with Gasteiger partial charge >= 0.3 is 11.3 Å². The van der Waals surface area contributed by atoms with E-state index in [2.05, 4.69) is 72.3 Å². The molecule has 2 atom stereocenters. The summed E-state index contributed by atoms with van der Waals surface area (Å²) in [6.07, 6.45) is -0.778. The zero-order valence-electron chi connectivity index (χ0n) is 31.3. The molecule has 0 fully saturated rings. The van der Waals surface area contributed by atoms with Crippen molar-refractivity contribution in [1.29, 1.82) is 0 Å². The molecule has 56 heavy (non-hydrogen) atoms. The van der Waals surface area contributed by atoms with Crippen LogP contribution in [0.4, 0.5) is 11.4 Å². The van der Waals surface area contributed by atoms with Crippen molar-refractivity contribution in [1.82, 2.24) is 40.4 Å². The first kappa shape index (κ1) is 41.4. The smallest absolute Gasteiger partial charge is 0.316 e. The quantitative estimate of drug-likeness (QED) is 0.0612. The van der Waals surface area contributed by atoms with Crippen molar-refractivity contribution in [3.05, 3.63) is 117 Å². The first-order chi connectivity index (χ1) is 27.0. The van der Waals surface area contributed by atoms with E-state index in [0.29, 0.717) is 53.1 Å². The van der Waals surface area contributed by atoms with Gasteiger partial charge in [-0.1, -0.05) is 74.2 Å². The van der Waals surface area contributed by atoms with E-state index in [1.54, 1.807) is 48.0 Å². The van der Waals surface area contributed by atoms with Crippen molar-refractivity contribution in [2.45, 2.75) is 47.3 Å². The molecule has 294 valence electrons. The molecule has 2 aromatic heterocycles. The number of rotatable bonds is 16. The largest absolute Gasteiger partial charge is 0.487 e. The molecular weight excluding hydrogens is 777 g/mol. The van der Waals surface area contributed by atoms with Gasteiger partial charge in [-0.25, -0.2) is 9.36 Å². The lowest BCUT2D eigenvalue weighted by molar-refractivity contribution is -0.122. The van der Waals surface area contributed by atoms with Gasteiger partial charge in [0.15, 0.2) is 17.6 Å². The number of ether oxygens (including phenoxy) is 3. The van der Waals surface area contributed by atoms with Crippen LogP contribution in [0.3, 0.4) is 0 Å². The molecule has 0 aliphatic rings. The molecule has 0 aliphatic heterocycles. The lowest BCUT2D eigenvalue weighted by atomic mass is 10.1. The molecule has 0 radical (unpaired) electrons. The molecule has 1 amide bonds. The summed E-state index contributed by atoms with van der Waals surface area (Å²) < 4.78 is 42.5. The fraction of sp³-hybridized carbons (Fsp3) is 0.270. The average Bonchev–Trinajstić information content (AvgIpc) is 3.80. The summed E-state index contributed by atoms with van der Waals surface area (Å²) >= 11 is 8.07. The summed E-state index contributed by atoms with van der Waals surface area (Å²) in [5.74, 6) is 0.733. The number of amides is 1. The maximum Gasteiger partial charge on any atom is 0.316 e. The van der Waals surface area contributed by atoms with Crippen molar-refractivity contribution in [3.63, 3.8) is 0 Å². The number of anilines is 2. The summed E-state index contributed by atoms with van der Waals surface area (Å²) in [6, 6.07) is 25.8. The summed E-state index contributed by atoms with van der Waals surface area (Å²) in [7, 11) is 0. The Balaban J connectivity index is 0.000000357. The molecule has 0 saturated heterocycles. The summed E-state index contributed by atoms with van der Waals surface area (Å²) in [5.41, 5.74) is 5.99. The molecule has 16 nitrogen and oxygen atoms in total. The van der Waals surface area contributed by atoms with Gasteiger partial charge in [-0.05, 0) is 107 Å². The normalized spacial score (nSPS) is 11.8. The van der Waals surface area contributed by atoms with Gasteiger partial charge in [-0.3, -0.25) is 9.52 Å². The molecular formula is C37H42N10O6S3. The second-order valence-electron chi connectivity index (χ2n) is 12.3. The van der Waals surface area contributed by atoms with Crippen LogP contribution in [-0.2, 0) is 27.3 Å². The van der Waals surface area contributed by atoms with Gasteiger partial charge in [0.1, 0.15) is 12.4 Å². The van der Waals surface area contributed by atoms with Crippen LogP contribution < -0.4 is 23.7 Å². The van der Waals surface area contributed by atoms with Gasteiger partial charge in [-0.15, -0.1) is 0 Å². The maximum atomic E-state index is 13.0. The summed E-state index contributed by atoms with van der Waals surface area (Å²) in [4.78, 5) is 12.9. The van der Waals surface area contributed by atoms with E-state index in [9.17, 15) is 9.00 Å². The van der Waals surface area contributed by atoms with Gasteiger partial charge < -0.3 is 23.7 Å². The van der Waals surface area contributed by atoms with Crippen molar-refractivity contribution in [2.24, 2.45) is 0 Å². The number of benzene rings is 4. The zero-order chi connectivity index (χ0) is 40.0. The van der Waals surface area contributed by atoms with E-state index >= 15 is 0 Å². The first-order valence-electron chi connectivity index (χ1n) is 17.4. The number of carbonyl (C=O) groups excluding carboxylic acids is 1. The van der Waals surface area contributed by atoms with Gasteiger partial charge in [0.2, 0.25) is 9.54 Å². The third-order valence-electron chi connectivity index (χ3n) is 7.84. The van der Waals surface area contributed by atoms with E-state index in [-0.39, 0.29) is 23.0 Å². The molecule has 6 rings (SSSR count). The molecule has 2 heterocycles. The predicted octanol–water partition coefficient (Wildman–Crippen LogP) is 6.53. The van der Waals surface area contributed by atoms with Gasteiger partial charge in [0.05, 0.1) is 24.5 Å². The number of hydrogen-bond acceptors (Lipinski definition) is 12. The van der Waals surface area contributed by atoms with Gasteiger partial charge in [0, 0.05) is 18.4 Å². The Morgan fingerprint density at radius 3 is 2.27 bits per heavy atom. The number of tetrazole rings is 2. The minimum Gasteiger partial charge on any atom is -0.487 e. The van der Waals surface area contributed by atoms with Gasteiger partial charge in [0.25, 0.3) is 5.91 Å². The van der Waals surface area contributed by atoms with E-state index in [1.165, 1.54) is 21.9 Å². The predicted molar refractivity (Wildman–Crippen MR) is 217 cm³/mol. The minimum atomic E-state index is -2.04. The van der Waals surface area contributed by atoms with E-state index < -0.39 is 17.4 Å². The molecule has 2 unspecified atom stereocenters. The van der Waals surface area contributed by atoms with Crippen molar-refractivity contribution in [2.75, 3.05) is 29.9 Å². The van der Waals surface area contributed by atoms with E-state index in [0.717, 1.165) is 11.1 Å². The Kier molecular flexibility index (Phi) is 15.0. The lowest BCUT2D eigenvalue weighted by Gasteiger charge is -2.18. The number of aryl methyl sites for hydroxylation is 3. The highest BCUT2D eigenvalue weighted by Gasteiger charge is 2.18. The molecule has 0 spiro atoms. The fourth-order valence-corrected chi connectivity index (χ4v) is 6.00. The number of aromatic amines is 2. The monoisotopic (exact) mass is 818 g/mol. The van der Waals surface area contributed by atoms with Gasteiger partial charge in [-0.2, -0.15) is 14.6 Å². The summed E-state index contributed by atoms with van der Waals surface area (Å²) in [5, 5.41) is 23.0. The Bertz CT molecular complexity index is 2360. The number of nitrogens with one attached hydrogen (secondary N) is 4. The third kappa shape index (κ3) is 12.1. The number of H-pyrrole nitrogens is 2. The molecule has 4 aromatic carbocycles. The van der Waals surface area contributed by atoms with Crippen LogP contribution in [0.15, 0.2) is 84.9 Å². The van der Waals surface area contributed by atoms with E-state index in [1.807, 2.05) is 39.0 Å². The molecule has 0 bridgehead atoms. The van der Waals surface area contributed by atoms with Crippen LogP contribution in [0.5, 0.6) is 17.2 Å². The van der Waals surface area contributed by atoms with Crippen LogP contribution in [-0.4, -0.2) is 76.5 Å². The third-order valence-corrected chi connectivity index (χ3v) is 9.14. The zero-order valence-corrected chi connectivity index (χ0v) is 33.8.